The molecule has 2 fully saturated rings. The van der Waals surface area contributed by atoms with E-state index < -0.39 is 0 Å². The molecule has 0 amide bonds. The van der Waals surface area contributed by atoms with Crippen LogP contribution in [0.1, 0.15) is 36.4 Å². The Morgan fingerprint density at radius 2 is 2.20 bits per heavy atom. The summed E-state index contributed by atoms with van der Waals surface area (Å²) in [6.07, 6.45) is 0.821. The molecule has 15 heavy (non-hydrogen) atoms. The zero-order chi connectivity index (χ0) is 10.4. The Bertz CT molecular complexity index is 358. The van der Waals surface area contributed by atoms with Gasteiger partial charge >= 0.3 is 0 Å². The average molecular weight is 229 g/mol. The van der Waals surface area contributed by atoms with Crippen LogP contribution in [0.4, 0.5) is 0 Å². The van der Waals surface area contributed by atoms with Crippen LogP contribution in [0.25, 0.3) is 0 Å². The number of hydrogen-bond acceptors (Lipinski definition) is 4. The van der Waals surface area contributed by atoms with Crippen LogP contribution in [0.15, 0.2) is 4.52 Å². The highest BCUT2D eigenvalue weighted by Crippen LogP contribution is 2.56. The second-order valence-electron chi connectivity index (χ2n) is 4.26. The molecule has 2 heterocycles. The third kappa shape index (κ3) is 1.47. The fourth-order valence-corrected chi connectivity index (χ4v) is 2.39. The Labute approximate surface area is 92.9 Å². The van der Waals surface area contributed by atoms with Crippen LogP contribution in [0.5, 0.6) is 0 Å². The summed E-state index contributed by atoms with van der Waals surface area (Å²) < 4.78 is 10.6. The maximum absolute atomic E-state index is 6.04. The first-order valence-electron chi connectivity index (χ1n) is 5.36. The van der Waals surface area contributed by atoms with Crippen molar-refractivity contribution >= 4 is 11.6 Å². The van der Waals surface area contributed by atoms with Gasteiger partial charge in [-0.05, 0) is 18.3 Å². The quantitative estimate of drug-likeness (QED) is 0.744. The van der Waals surface area contributed by atoms with Gasteiger partial charge in [0.2, 0.25) is 5.89 Å². The van der Waals surface area contributed by atoms with Crippen LogP contribution in [0.3, 0.4) is 0 Å². The van der Waals surface area contributed by atoms with Crippen molar-refractivity contribution in [1.82, 2.24) is 10.1 Å². The molecule has 2 aliphatic rings. The van der Waals surface area contributed by atoms with Crippen LogP contribution in [-0.4, -0.2) is 23.4 Å². The summed E-state index contributed by atoms with van der Waals surface area (Å²) in [4.78, 5) is 4.36. The monoisotopic (exact) mass is 228 g/mol. The van der Waals surface area contributed by atoms with E-state index in [0.29, 0.717) is 23.6 Å². The second kappa shape index (κ2) is 3.46. The number of rotatable bonds is 3. The van der Waals surface area contributed by atoms with Crippen molar-refractivity contribution in [2.45, 2.75) is 24.6 Å². The number of aromatic nitrogens is 2. The van der Waals surface area contributed by atoms with Gasteiger partial charge in [-0.3, -0.25) is 0 Å². The zero-order valence-corrected chi connectivity index (χ0v) is 9.28. The van der Waals surface area contributed by atoms with Gasteiger partial charge in [0.25, 0.3) is 0 Å². The maximum atomic E-state index is 6.04. The van der Waals surface area contributed by atoms with Crippen LogP contribution in [0.2, 0.25) is 0 Å². The molecule has 1 saturated heterocycles. The first-order chi connectivity index (χ1) is 7.31. The van der Waals surface area contributed by atoms with Gasteiger partial charge < -0.3 is 9.26 Å². The fraction of sp³-hybridized carbons (Fsp3) is 0.800. The third-order valence-corrected chi connectivity index (χ3v) is 3.84. The number of halogens is 1. The summed E-state index contributed by atoms with van der Waals surface area (Å²) in [7, 11) is 0. The zero-order valence-electron chi connectivity index (χ0n) is 8.52. The molecule has 1 saturated carbocycles. The maximum Gasteiger partial charge on any atom is 0.230 e. The van der Waals surface area contributed by atoms with Gasteiger partial charge in [0.05, 0.1) is 18.6 Å². The van der Waals surface area contributed by atoms with Crippen molar-refractivity contribution in [3.63, 3.8) is 0 Å². The minimum Gasteiger partial charge on any atom is -0.381 e. The van der Waals surface area contributed by atoms with Crippen LogP contribution in [0, 0.1) is 11.8 Å². The van der Waals surface area contributed by atoms with Crippen molar-refractivity contribution < 1.29 is 9.26 Å². The first kappa shape index (κ1) is 9.60. The molecule has 4 nitrogen and oxygen atoms in total. The first-order valence-corrected chi connectivity index (χ1v) is 5.80. The summed E-state index contributed by atoms with van der Waals surface area (Å²) in [6.45, 7) is 3.68. The molecule has 0 spiro atoms. The van der Waals surface area contributed by atoms with E-state index in [-0.39, 0.29) is 5.38 Å². The standard InChI is InChI=1S/C10H13ClN2O2/c1-2-7(11)9-12-10(15-13-9)8-5-3-14-4-6(5)8/h5-8H,2-4H2,1H3. The Balaban J connectivity index is 1.75. The molecule has 0 radical (unpaired) electrons. The predicted octanol–water partition coefficient (Wildman–Crippen LogP) is 2.12. The Kier molecular flexibility index (Phi) is 2.21. The lowest BCUT2D eigenvalue weighted by molar-refractivity contribution is 0.155. The largest absolute Gasteiger partial charge is 0.381 e. The lowest BCUT2D eigenvalue weighted by Crippen LogP contribution is -1.98. The van der Waals surface area contributed by atoms with E-state index in [1.807, 2.05) is 6.92 Å². The Morgan fingerprint density at radius 1 is 1.47 bits per heavy atom. The van der Waals surface area contributed by atoms with Crippen LogP contribution in [-0.2, 0) is 4.74 Å². The van der Waals surface area contributed by atoms with Gasteiger partial charge in [-0.2, -0.15) is 4.98 Å². The molecule has 1 aliphatic carbocycles. The van der Waals surface area contributed by atoms with Gasteiger partial charge in [0, 0.05) is 5.92 Å². The molecule has 3 unspecified atom stereocenters. The summed E-state index contributed by atoms with van der Waals surface area (Å²) in [5, 5.41) is 3.79. The van der Waals surface area contributed by atoms with Gasteiger partial charge in [-0.25, -0.2) is 0 Å². The van der Waals surface area contributed by atoms with E-state index in [2.05, 4.69) is 10.1 Å². The van der Waals surface area contributed by atoms with Gasteiger partial charge in [-0.1, -0.05) is 12.1 Å². The van der Waals surface area contributed by atoms with E-state index in [0.717, 1.165) is 25.5 Å². The SMILES string of the molecule is CCC(Cl)c1noc(C2C3COCC32)n1. The summed E-state index contributed by atoms with van der Waals surface area (Å²) in [5.74, 6) is 3.02. The number of alkyl halides is 1. The fourth-order valence-electron chi connectivity index (χ4n) is 2.30. The lowest BCUT2D eigenvalue weighted by atomic mass is 10.3. The van der Waals surface area contributed by atoms with E-state index in [1.54, 1.807) is 0 Å². The normalized spacial score (nSPS) is 35.2. The second-order valence-corrected chi connectivity index (χ2v) is 4.78. The van der Waals surface area contributed by atoms with Crippen molar-refractivity contribution in [2.75, 3.05) is 13.2 Å². The summed E-state index contributed by atoms with van der Waals surface area (Å²) in [6, 6.07) is 0. The number of ether oxygens (including phenoxy) is 1. The van der Waals surface area contributed by atoms with E-state index in [9.17, 15) is 0 Å². The topological polar surface area (TPSA) is 48.2 Å². The average Bonchev–Trinajstić information content (AvgIpc) is 2.74. The Morgan fingerprint density at radius 3 is 2.87 bits per heavy atom. The molecule has 1 aliphatic heterocycles. The van der Waals surface area contributed by atoms with Crippen molar-refractivity contribution in [2.24, 2.45) is 11.8 Å². The molecule has 0 bridgehead atoms. The van der Waals surface area contributed by atoms with Crippen molar-refractivity contribution in [3.05, 3.63) is 11.7 Å². The summed E-state index contributed by atoms with van der Waals surface area (Å²) >= 11 is 6.04. The molecule has 0 N–H and O–H groups in total. The summed E-state index contributed by atoms with van der Waals surface area (Å²) in [5.41, 5.74) is 0. The highest BCUT2D eigenvalue weighted by Gasteiger charge is 2.57. The molecular formula is C10H13ClN2O2. The molecular weight excluding hydrogens is 216 g/mol. The lowest BCUT2D eigenvalue weighted by Gasteiger charge is -1.98. The van der Waals surface area contributed by atoms with Gasteiger partial charge in [0.1, 0.15) is 0 Å². The molecule has 3 rings (SSSR count). The predicted molar refractivity (Wildman–Crippen MR) is 53.7 cm³/mol. The Hall–Kier alpha value is -0.610. The highest BCUT2D eigenvalue weighted by molar-refractivity contribution is 6.20. The molecule has 1 aromatic rings. The molecule has 82 valence electrons. The minimum atomic E-state index is -0.127. The van der Waals surface area contributed by atoms with E-state index in [4.69, 9.17) is 20.9 Å². The molecule has 0 aromatic carbocycles. The van der Waals surface area contributed by atoms with Crippen molar-refractivity contribution in [1.29, 1.82) is 0 Å². The van der Waals surface area contributed by atoms with Crippen LogP contribution >= 0.6 is 11.6 Å². The van der Waals surface area contributed by atoms with Gasteiger partial charge in [0.15, 0.2) is 5.82 Å². The smallest absolute Gasteiger partial charge is 0.230 e. The third-order valence-electron chi connectivity index (χ3n) is 3.33. The highest BCUT2D eigenvalue weighted by atomic mass is 35.5. The number of hydrogen-bond donors (Lipinski definition) is 0. The van der Waals surface area contributed by atoms with E-state index in [1.165, 1.54) is 0 Å². The van der Waals surface area contributed by atoms with Crippen molar-refractivity contribution in [3.8, 4) is 0 Å². The van der Waals surface area contributed by atoms with Gasteiger partial charge in [-0.15, -0.1) is 11.6 Å². The minimum absolute atomic E-state index is 0.127. The molecule has 1 aromatic heterocycles. The van der Waals surface area contributed by atoms with E-state index >= 15 is 0 Å². The van der Waals surface area contributed by atoms with Crippen LogP contribution < -0.4 is 0 Å². The number of nitrogens with zero attached hydrogens (tertiary/aromatic N) is 2. The molecule has 5 heteroatoms. The number of fused-ring (bicyclic) bond motifs is 1. The molecule has 3 atom stereocenters.